The second kappa shape index (κ2) is 4.80. The molecule has 3 fully saturated rings. The van der Waals surface area contributed by atoms with Crippen LogP contribution in [-0.4, -0.2) is 58.5 Å². The summed E-state index contributed by atoms with van der Waals surface area (Å²) in [5.74, 6) is -3.53. The van der Waals surface area contributed by atoms with E-state index in [0.29, 0.717) is 0 Å². The highest BCUT2D eigenvalue weighted by Gasteiger charge is 2.62. The van der Waals surface area contributed by atoms with E-state index in [0.717, 1.165) is 17.7 Å². The third kappa shape index (κ3) is 2.10. The Morgan fingerprint density at radius 1 is 1.29 bits per heavy atom. The van der Waals surface area contributed by atoms with Gasteiger partial charge in [0.25, 0.3) is 0 Å². The van der Waals surface area contributed by atoms with E-state index in [-0.39, 0.29) is 24.0 Å². The van der Waals surface area contributed by atoms with Crippen molar-refractivity contribution in [2.75, 3.05) is 6.54 Å². The van der Waals surface area contributed by atoms with Gasteiger partial charge in [-0.2, -0.15) is 0 Å². The Hall–Kier alpha value is -1.96. The lowest BCUT2D eigenvalue weighted by molar-refractivity contribution is -0.146. The van der Waals surface area contributed by atoms with Gasteiger partial charge in [-0.3, -0.25) is 24.1 Å². The normalized spacial score (nSPS) is 35.0. The van der Waals surface area contributed by atoms with E-state index in [1.165, 1.54) is 6.92 Å². The molecule has 0 radical (unpaired) electrons. The minimum atomic E-state index is -1.18. The van der Waals surface area contributed by atoms with E-state index in [1.54, 1.807) is 0 Å². The molecule has 3 heterocycles. The number of aliphatic carboxylic acids is 1. The van der Waals surface area contributed by atoms with Crippen LogP contribution < -0.4 is 5.32 Å². The minimum Gasteiger partial charge on any atom is -0.480 e. The van der Waals surface area contributed by atoms with Gasteiger partial charge >= 0.3 is 5.97 Å². The molecule has 114 valence electrons. The molecule has 3 amide bonds. The lowest BCUT2D eigenvalue weighted by Crippen LogP contribution is -2.46. The number of hydrogen-bond donors (Lipinski definition) is 2. The maximum atomic E-state index is 12.3. The molecule has 0 aromatic carbocycles. The predicted octanol–water partition coefficient (Wildman–Crippen LogP) is -1.26. The SMILES string of the molecule is CC(NC(=O)CN1C(=O)C2C3CCC(O3)C2C1=O)C(=O)O. The summed E-state index contributed by atoms with van der Waals surface area (Å²) in [7, 11) is 0. The van der Waals surface area contributed by atoms with Crippen LogP contribution in [0.5, 0.6) is 0 Å². The second-order valence-corrected chi connectivity index (χ2v) is 5.73. The summed E-state index contributed by atoms with van der Waals surface area (Å²) >= 11 is 0. The molecular weight excluding hydrogens is 280 g/mol. The standard InChI is InChI=1S/C13H16N2O6/c1-5(13(19)20)14-8(16)4-15-11(17)9-6-2-3-7(21-6)10(9)12(15)18/h5-7,9-10H,2-4H2,1H3,(H,14,16)(H,19,20). The van der Waals surface area contributed by atoms with Gasteiger partial charge in [0.2, 0.25) is 17.7 Å². The van der Waals surface area contributed by atoms with E-state index in [9.17, 15) is 19.2 Å². The van der Waals surface area contributed by atoms with Crippen molar-refractivity contribution in [1.29, 1.82) is 0 Å². The number of imide groups is 1. The average Bonchev–Trinajstić information content (AvgIpc) is 3.08. The topological polar surface area (TPSA) is 113 Å². The molecule has 3 saturated heterocycles. The van der Waals surface area contributed by atoms with Crippen LogP contribution in [0.25, 0.3) is 0 Å². The van der Waals surface area contributed by atoms with Crippen molar-refractivity contribution >= 4 is 23.7 Å². The molecule has 8 heteroatoms. The highest BCUT2D eigenvalue weighted by Crippen LogP contribution is 2.48. The van der Waals surface area contributed by atoms with Crippen molar-refractivity contribution in [2.45, 2.75) is 38.0 Å². The number of carbonyl (C=O) groups excluding carboxylic acids is 3. The van der Waals surface area contributed by atoms with Gasteiger partial charge in [0.05, 0.1) is 24.0 Å². The fourth-order valence-corrected chi connectivity index (χ4v) is 3.42. The first kappa shape index (κ1) is 14.0. The molecule has 0 aliphatic carbocycles. The largest absolute Gasteiger partial charge is 0.480 e. The van der Waals surface area contributed by atoms with Gasteiger partial charge in [-0.25, -0.2) is 0 Å². The Labute approximate surface area is 120 Å². The van der Waals surface area contributed by atoms with Crippen LogP contribution in [0.2, 0.25) is 0 Å². The van der Waals surface area contributed by atoms with E-state index >= 15 is 0 Å². The Kier molecular flexibility index (Phi) is 3.20. The van der Waals surface area contributed by atoms with E-state index < -0.39 is 36.3 Å². The lowest BCUT2D eigenvalue weighted by Gasteiger charge is -2.18. The van der Waals surface area contributed by atoms with E-state index in [2.05, 4.69) is 5.32 Å². The van der Waals surface area contributed by atoms with Gasteiger partial charge in [-0.1, -0.05) is 0 Å². The van der Waals surface area contributed by atoms with Gasteiger partial charge < -0.3 is 15.2 Å². The fourth-order valence-electron chi connectivity index (χ4n) is 3.42. The van der Waals surface area contributed by atoms with Gasteiger partial charge in [-0.15, -0.1) is 0 Å². The summed E-state index contributed by atoms with van der Waals surface area (Å²) in [5.41, 5.74) is 0. The molecule has 0 aromatic heterocycles. The summed E-state index contributed by atoms with van der Waals surface area (Å²) in [5, 5.41) is 11.0. The van der Waals surface area contributed by atoms with Crippen molar-refractivity contribution in [1.82, 2.24) is 10.2 Å². The molecule has 5 unspecified atom stereocenters. The molecule has 2 bridgehead atoms. The Morgan fingerprint density at radius 3 is 2.29 bits per heavy atom. The first-order valence-electron chi connectivity index (χ1n) is 6.93. The number of amides is 3. The molecule has 8 nitrogen and oxygen atoms in total. The minimum absolute atomic E-state index is 0.220. The van der Waals surface area contributed by atoms with Crippen LogP contribution in [0.3, 0.4) is 0 Å². The lowest BCUT2D eigenvalue weighted by atomic mass is 9.81. The highest BCUT2D eigenvalue weighted by atomic mass is 16.5. The van der Waals surface area contributed by atoms with Crippen LogP contribution in [0.15, 0.2) is 0 Å². The number of likely N-dealkylation sites (tertiary alicyclic amines) is 1. The number of carboxylic acid groups (broad SMARTS) is 1. The average molecular weight is 296 g/mol. The van der Waals surface area contributed by atoms with Crippen LogP contribution >= 0.6 is 0 Å². The molecule has 2 N–H and O–H groups in total. The molecule has 21 heavy (non-hydrogen) atoms. The Balaban J connectivity index is 1.67. The van der Waals surface area contributed by atoms with Crippen molar-refractivity contribution < 1.29 is 29.0 Å². The molecule has 3 aliphatic rings. The molecule has 3 rings (SSSR count). The maximum Gasteiger partial charge on any atom is 0.325 e. The molecule has 0 aromatic rings. The number of ether oxygens (including phenoxy) is 1. The van der Waals surface area contributed by atoms with Crippen molar-refractivity contribution in [3.8, 4) is 0 Å². The number of nitrogens with zero attached hydrogens (tertiary/aromatic N) is 1. The quantitative estimate of drug-likeness (QED) is 0.626. The van der Waals surface area contributed by atoms with Crippen LogP contribution in [0, 0.1) is 11.8 Å². The maximum absolute atomic E-state index is 12.3. The number of rotatable bonds is 4. The van der Waals surface area contributed by atoms with Crippen molar-refractivity contribution in [3.63, 3.8) is 0 Å². The number of hydrogen-bond acceptors (Lipinski definition) is 5. The molecule has 0 saturated carbocycles. The molecule has 0 spiro atoms. The molecular formula is C13H16N2O6. The van der Waals surface area contributed by atoms with E-state index in [4.69, 9.17) is 9.84 Å². The monoisotopic (exact) mass is 296 g/mol. The molecule has 3 aliphatic heterocycles. The zero-order chi connectivity index (χ0) is 15.3. The first-order valence-corrected chi connectivity index (χ1v) is 6.93. The van der Waals surface area contributed by atoms with Gasteiger partial charge in [0.15, 0.2) is 0 Å². The highest BCUT2D eigenvalue weighted by molar-refractivity contribution is 6.08. The summed E-state index contributed by atoms with van der Waals surface area (Å²) in [6.07, 6.45) is 1.09. The zero-order valence-electron chi connectivity index (χ0n) is 11.4. The smallest absolute Gasteiger partial charge is 0.325 e. The van der Waals surface area contributed by atoms with Crippen LogP contribution in [-0.2, 0) is 23.9 Å². The van der Waals surface area contributed by atoms with Gasteiger partial charge in [0.1, 0.15) is 12.6 Å². The molecule has 5 atom stereocenters. The third-order valence-corrected chi connectivity index (χ3v) is 4.43. The number of carboxylic acids is 1. The predicted molar refractivity (Wildman–Crippen MR) is 66.8 cm³/mol. The van der Waals surface area contributed by atoms with Gasteiger partial charge in [-0.05, 0) is 19.8 Å². The van der Waals surface area contributed by atoms with Crippen molar-refractivity contribution in [2.24, 2.45) is 11.8 Å². The van der Waals surface area contributed by atoms with Crippen molar-refractivity contribution in [3.05, 3.63) is 0 Å². The number of nitrogens with one attached hydrogen (secondary N) is 1. The summed E-state index contributed by atoms with van der Waals surface area (Å²) < 4.78 is 5.58. The zero-order valence-corrected chi connectivity index (χ0v) is 11.4. The van der Waals surface area contributed by atoms with Gasteiger partial charge in [0, 0.05) is 0 Å². The number of carbonyl (C=O) groups is 4. The summed E-state index contributed by atoms with van der Waals surface area (Å²) in [6, 6.07) is -1.07. The first-order chi connectivity index (χ1) is 9.90. The van der Waals surface area contributed by atoms with Crippen LogP contribution in [0.1, 0.15) is 19.8 Å². The summed E-state index contributed by atoms with van der Waals surface area (Å²) in [6.45, 7) is 0.887. The second-order valence-electron chi connectivity index (χ2n) is 5.73. The fraction of sp³-hybridized carbons (Fsp3) is 0.692. The Bertz CT molecular complexity index is 505. The Morgan fingerprint density at radius 2 is 1.81 bits per heavy atom. The summed E-state index contributed by atoms with van der Waals surface area (Å²) in [4.78, 5) is 47.9. The van der Waals surface area contributed by atoms with Crippen LogP contribution in [0.4, 0.5) is 0 Å². The number of fused-ring (bicyclic) bond motifs is 5. The third-order valence-electron chi connectivity index (χ3n) is 4.43. The van der Waals surface area contributed by atoms with E-state index in [1.807, 2.05) is 0 Å².